The van der Waals surface area contributed by atoms with E-state index < -0.39 is 0 Å². The number of ketones is 1. The van der Waals surface area contributed by atoms with E-state index in [2.05, 4.69) is 15.6 Å². The number of aromatic nitrogens is 3. The van der Waals surface area contributed by atoms with Crippen LogP contribution in [0.15, 0.2) is 24.3 Å². The van der Waals surface area contributed by atoms with Crippen LogP contribution in [0.4, 0.5) is 4.39 Å². The molecule has 8 heteroatoms. The van der Waals surface area contributed by atoms with Crippen LogP contribution in [0.5, 0.6) is 0 Å². The standard InChI is InChI=1S/C21H26FN5O2/c1-14-19(24-25-27(14)18-8-10-23-11-9-18)21(29)26-12-2-3-16(13-26)20(28)15-4-6-17(22)7-5-15/h4-7,16,18,23H,2-3,8-13H2,1H3. The molecule has 0 bridgehead atoms. The molecule has 1 N–H and O–H groups in total. The quantitative estimate of drug-likeness (QED) is 0.799. The van der Waals surface area contributed by atoms with E-state index in [9.17, 15) is 14.0 Å². The fourth-order valence-electron chi connectivity index (χ4n) is 4.31. The van der Waals surface area contributed by atoms with Crippen molar-refractivity contribution >= 4 is 11.7 Å². The minimum Gasteiger partial charge on any atom is -0.336 e. The van der Waals surface area contributed by atoms with E-state index in [-0.39, 0.29) is 29.5 Å². The lowest BCUT2D eigenvalue weighted by Gasteiger charge is -2.31. The van der Waals surface area contributed by atoms with Crippen LogP contribution >= 0.6 is 0 Å². The van der Waals surface area contributed by atoms with E-state index in [4.69, 9.17) is 0 Å². The van der Waals surface area contributed by atoms with Crippen molar-refractivity contribution in [2.45, 2.75) is 38.6 Å². The first-order chi connectivity index (χ1) is 14.0. The molecule has 7 nitrogen and oxygen atoms in total. The smallest absolute Gasteiger partial charge is 0.276 e. The van der Waals surface area contributed by atoms with Gasteiger partial charge in [-0.15, -0.1) is 5.10 Å². The van der Waals surface area contributed by atoms with Crippen molar-refractivity contribution in [2.24, 2.45) is 5.92 Å². The molecule has 2 fully saturated rings. The molecule has 2 aliphatic rings. The van der Waals surface area contributed by atoms with Gasteiger partial charge >= 0.3 is 0 Å². The maximum atomic E-state index is 13.1. The number of hydrogen-bond acceptors (Lipinski definition) is 5. The molecule has 2 aliphatic heterocycles. The molecule has 1 atom stereocenters. The Bertz CT molecular complexity index is 889. The lowest BCUT2D eigenvalue weighted by Crippen LogP contribution is -2.42. The number of benzene rings is 1. The Kier molecular flexibility index (Phi) is 5.71. The van der Waals surface area contributed by atoms with E-state index in [1.54, 1.807) is 4.90 Å². The predicted molar refractivity (Wildman–Crippen MR) is 105 cm³/mol. The molecule has 0 radical (unpaired) electrons. The van der Waals surface area contributed by atoms with Crippen molar-refractivity contribution in [1.29, 1.82) is 0 Å². The largest absolute Gasteiger partial charge is 0.336 e. The molecule has 4 rings (SSSR count). The summed E-state index contributed by atoms with van der Waals surface area (Å²) in [6, 6.07) is 5.86. The van der Waals surface area contributed by atoms with Crippen LogP contribution in [-0.4, -0.2) is 57.8 Å². The van der Waals surface area contributed by atoms with Gasteiger partial charge in [-0.3, -0.25) is 9.59 Å². The molecule has 0 saturated carbocycles. The van der Waals surface area contributed by atoms with Gasteiger partial charge in [0.2, 0.25) is 0 Å². The van der Waals surface area contributed by atoms with Crippen molar-refractivity contribution in [1.82, 2.24) is 25.2 Å². The van der Waals surface area contributed by atoms with E-state index >= 15 is 0 Å². The highest BCUT2D eigenvalue weighted by Gasteiger charge is 2.32. The minimum absolute atomic E-state index is 0.0439. The number of nitrogens with zero attached hydrogens (tertiary/aromatic N) is 4. The Morgan fingerprint density at radius 1 is 1.14 bits per heavy atom. The molecule has 1 aromatic carbocycles. The fourth-order valence-corrected chi connectivity index (χ4v) is 4.31. The summed E-state index contributed by atoms with van der Waals surface area (Å²) in [6.07, 6.45) is 3.41. The molecule has 0 spiro atoms. The zero-order valence-corrected chi connectivity index (χ0v) is 16.6. The lowest BCUT2D eigenvalue weighted by atomic mass is 9.90. The number of hydrogen-bond donors (Lipinski definition) is 1. The fraction of sp³-hybridized carbons (Fsp3) is 0.524. The van der Waals surface area contributed by atoms with E-state index in [0.717, 1.165) is 44.5 Å². The van der Waals surface area contributed by atoms with Gasteiger partial charge in [0.1, 0.15) is 5.82 Å². The highest BCUT2D eigenvalue weighted by Crippen LogP contribution is 2.25. The number of likely N-dealkylation sites (tertiary alicyclic amines) is 1. The van der Waals surface area contributed by atoms with Gasteiger partial charge in [-0.2, -0.15) is 0 Å². The predicted octanol–water partition coefficient (Wildman–Crippen LogP) is 2.39. The summed E-state index contributed by atoms with van der Waals surface area (Å²) in [7, 11) is 0. The van der Waals surface area contributed by atoms with Gasteiger partial charge in [-0.05, 0) is 70.0 Å². The highest BCUT2D eigenvalue weighted by atomic mass is 19.1. The monoisotopic (exact) mass is 399 g/mol. The lowest BCUT2D eigenvalue weighted by molar-refractivity contribution is 0.0631. The summed E-state index contributed by atoms with van der Waals surface area (Å²) in [5.41, 5.74) is 1.64. The van der Waals surface area contributed by atoms with Crippen LogP contribution in [-0.2, 0) is 0 Å². The maximum Gasteiger partial charge on any atom is 0.276 e. The van der Waals surface area contributed by atoms with Crippen molar-refractivity contribution in [3.05, 3.63) is 47.0 Å². The van der Waals surface area contributed by atoms with Crippen molar-refractivity contribution in [3.63, 3.8) is 0 Å². The van der Waals surface area contributed by atoms with Crippen LogP contribution in [0.25, 0.3) is 0 Å². The average molecular weight is 399 g/mol. The minimum atomic E-state index is -0.366. The van der Waals surface area contributed by atoms with Gasteiger partial charge in [0, 0.05) is 24.6 Å². The number of nitrogens with one attached hydrogen (secondary N) is 1. The van der Waals surface area contributed by atoms with E-state index in [1.807, 2.05) is 11.6 Å². The van der Waals surface area contributed by atoms with Gasteiger partial charge in [0.15, 0.2) is 11.5 Å². The summed E-state index contributed by atoms with van der Waals surface area (Å²) < 4.78 is 15.0. The number of carbonyl (C=O) groups excluding carboxylic acids is 2. The number of amides is 1. The summed E-state index contributed by atoms with van der Waals surface area (Å²) in [5, 5.41) is 11.8. The third-order valence-corrected chi connectivity index (χ3v) is 5.99. The third-order valence-electron chi connectivity index (χ3n) is 5.99. The third kappa shape index (κ3) is 4.07. The number of carbonyl (C=O) groups is 2. The van der Waals surface area contributed by atoms with Crippen molar-refractivity contribution in [3.8, 4) is 0 Å². The molecule has 1 amide bonds. The molecule has 1 aromatic heterocycles. The van der Waals surface area contributed by atoms with E-state index in [1.165, 1.54) is 24.3 Å². The molecule has 154 valence electrons. The van der Waals surface area contributed by atoms with Crippen LogP contribution < -0.4 is 5.32 Å². The molecular formula is C21H26FN5O2. The van der Waals surface area contributed by atoms with Gasteiger partial charge in [-0.25, -0.2) is 9.07 Å². The first-order valence-corrected chi connectivity index (χ1v) is 10.3. The second kappa shape index (κ2) is 8.41. The normalized spacial score (nSPS) is 20.6. The van der Waals surface area contributed by atoms with Crippen molar-refractivity contribution in [2.75, 3.05) is 26.2 Å². The average Bonchev–Trinajstić information content (AvgIpc) is 3.15. The second-order valence-corrected chi connectivity index (χ2v) is 7.91. The number of Topliss-reactive ketones (excluding diaryl/α,β-unsaturated/α-hetero) is 1. The SMILES string of the molecule is Cc1c(C(=O)N2CCCC(C(=O)c3ccc(F)cc3)C2)nnn1C1CCNCC1. The molecule has 3 heterocycles. The molecule has 2 aromatic rings. The molecule has 29 heavy (non-hydrogen) atoms. The number of piperidine rings is 2. The Balaban J connectivity index is 1.47. The highest BCUT2D eigenvalue weighted by molar-refractivity contribution is 5.99. The maximum absolute atomic E-state index is 13.1. The zero-order chi connectivity index (χ0) is 20.4. The molecule has 1 unspecified atom stereocenters. The van der Waals surface area contributed by atoms with Crippen LogP contribution in [0.3, 0.4) is 0 Å². The molecule has 0 aliphatic carbocycles. The first-order valence-electron chi connectivity index (χ1n) is 10.3. The Labute approximate surface area is 169 Å². The summed E-state index contributed by atoms with van der Waals surface area (Å²) >= 11 is 0. The van der Waals surface area contributed by atoms with Crippen LogP contribution in [0.1, 0.15) is 58.3 Å². The van der Waals surface area contributed by atoms with E-state index in [0.29, 0.717) is 24.3 Å². The summed E-state index contributed by atoms with van der Waals surface area (Å²) in [5.74, 6) is -0.857. The zero-order valence-electron chi connectivity index (χ0n) is 16.6. The van der Waals surface area contributed by atoms with Crippen LogP contribution in [0, 0.1) is 18.7 Å². The van der Waals surface area contributed by atoms with Gasteiger partial charge in [0.05, 0.1) is 11.7 Å². The van der Waals surface area contributed by atoms with Gasteiger partial charge in [-0.1, -0.05) is 5.21 Å². The molecular weight excluding hydrogens is 373 g/mol. The number of rotatable bonds is 4. The topological polar surface area (TPSA) is 80.1 Å². The second-order valence-electron chi connectivity index (χ2n) is 7.91. The van der Waals surface area contributed by atoms with Crippen LogP contribution in [0.2, 0.25) is 0 Å². The van der Waals surface area contributed by atoms with Crippen molar-refractivity contribution < 1.29 is 14.0 Å². The number of halogens is 1. The first kappa shape index (κ1) is 19.7. The van der Waals surface area contributed by atoms with Gasteiger partial charge < -0.3 is 10.2 Å². The summed E-state index contributed by atoms with van der Waals surface area (Å²) in [4.78, 5) is 27.6. The Morgan fingerprint density at radius 2 is 1.86 bits per heavy atom. The summed E-state index contributed by atoms with van der Waals surface area (Å²) in [6.45, 7) is 4.72. The Morgan fingerprint density at radius 3 is 2.59 bits per heavy atom. The molecule has 2 saturated heterocycles. The van der Waals surface area contributed by atoms with Gasteiger partial charge in [0.25, 0.3) is 5.91 Å². The Hall–Kier alpha value is -2.61.